The van der Waals surface area contributed by atoms with Gasteiger partial charge in [0.2, 0.25) is 0 Å². The SMILES string of the molecule is Cc1[nH]n(C)c(=O)c1-c1c(C)[nH]n(C)c1=O. The van der Waals surface area contributed by atoms with Crippen LogP contribution in [0.4, 0.5) is 0 Å². The van der Waals surface area contributed by atoms with Crippen LogP contribution in [0.25, 0.3) is 11.1 Å². The molecule has 0 unspecified atom stereocenters. The van der Waals surface area contributed by atoms with E-state index in [0.717, 1.165) is 0 Å². The smallest absolute Gasteiger partial charge is 0.274 e. The van der Waals surface area contributed by atoms with E-state index in [1.54, 1.807) is 27.9 Å². The van der Waals surface area contributed by atoms with Crippen LogP contribution in [0.2, 0.25) is 0 Å². The molecule has 86 valence electrons. The first-order valence-corrected chi connectivity index (χ1v) is 4.95. The molecule has 0 amide bonds. The third-order valence-corrected chi connectivity index (χ3v) is 2.71. The van der Waals surface area contributed by atoms with Crippen LogP contribution < -0.4 is 11.1 Å². The van der Waals surface area contributed by atoms with Gasteiger partial charge in [-0.1, -0.05) is 0 Å². The Bertz CT molecular complexity index is 595. The third kappa shape index (κ3) is 1.26. The molecule has 0 aliphatic carbocycles. The van der Waals surface area contributed by atoms with E-state index in [0.29, 0.717) is 22.5 Å². The minimum Gasteiger partial charge on any atom is -0.300 e. The van der Waals surface area contributed by atoms with Gasteiger partial charge in [0.05, 0.1) is 11.1 Å². The summed E-state index contributed by atoms with van der Waals surface area (Å²) in [5.41, 5.74) is 1.93. The topological polar surface area (TPSA) is 75.6 Å². The molecule has 2 aromatic rings. The minimum absolute atomic E-state index is 0.183. The van der Waals surface area contributed by atoms with E-state index in [1.807, 2.05) is 0 Å². The molecule has 0 spiro atoms. The van der Waals surface area contributed by atoms with Crippen molar-refractivity contribution in [3.63, 3.8) is 0 Å². The molecule has 2 aromatic heterocycles. The van der Waals surface area contributed by atoms with Crippen LogP contribution in [0.5, 0.6) is 0 Å². The lowest BCUT2D eigenvalue weighted by Crippen LogP contribution is -2.18. The van der Waals surface area contributed by atoms with Gasteiger partial charge in [0, 0.05) is 25.5 Å². The predicted molar refractivity (Wildman–Crippen MR) is 60.5 cm³/mol. The van der Waals surface area contributed by atoms with Crippen LogP contribution in [0.3, 0.4) is 0 Å². The molecule has 6 nitrogen and oxygen atoms in total. The number of aryl methyl sites for hydroxylation is 4. The highest BCUT2D eigenvalue weighted by Crippen LogP contribution is 2.17. The number of aromatic amines is 2. The summed E-state index contributed by atoms with van der Waals surface area (Å²) < 4.78 is 2.74. The first-order chi connectivity index (χ1) is 7.43. The second-order valence-corrected chi connectivity index (χ2v) is 3.95. The molecule has 6 heteroatoms. The summed E-state index contributed by atoms with van der Waals surface area (Å²) in [5, 5.41) is 5.76. The maximum Gasteiger partial charge on any atom is 0.274 e. The molecule has 0 saturated heterocycles. The van der Waals surface area contributed by atoms with E-state index >= 15 is 0 Å². The first-order valence-electron chi connectivity index (χ1n) is 4.95. The Morgan fingerprint density at radius 1 is 0.812 bits per heavy atom. The zero-order valence-corrected chi connectivity index (χ0v) is 9.71. The number of hydrogen-bond donors (Lipinski definition) is 2. The summed E-state index contributed by atoms with van der Waals surface area (Å²) in [6.45, 7) is 3.56. The average molecular weight is 222 g/mol. The fourth-order valence-electron chi connectivity index (χ4n) is 1.96. The average Bonchev–Trinajstić information content (AvgIpc) is 2.57. The van der Waals surface area contributed by atoms with Gasteiger partial charge in [-0.15, -0.1) is 0 Å². The van der Waals surface area contributed by atoms with E-state index in [2.05, 4.69) is 10.2 Å². The second kappa shape index (κ2) is 3.26. The van der Waals surface area contributed by atoms with Gasteiger partial charge >= 0.3 is 0 Å². The van der Waals surface area contributed by atoms with Crippen LogP contribution in [-0.2, 0) is 14.1 Å². The Balaban J connectivity index is 2.88. The summed E-state index contributed by atoms with van der Waals surface area (Å²) in [6.07, 6.45) is 0. The molecule has 0 aliphatic rings. The largest absolute Gasteiger partial charge is 0.300 e. The molecule has 0 aromatic carbocycles. The molecule has 0 aliphatic heterocycles. The number of rotatable bonds is 1. The van der Waals surface area contributed by atoms with Crippen LogP contribution in [0.15, 0.2) is 9.59 Å². The highest BCUT2D eigenvalue weighted by molar-refractivity contribution is 5.66. The van der Waals surface area contributed by atoms with Crippen molar-refractivity contribution < 1.29 is 0 Å². The highest BCUT2D eigenvalue weighted by Gasteiger charge is 2.19. The molecular formula is C10H14N4O2. The molecule has 16 heavy (non-hydrogen) atoms. The van der Waals surface area contributed by atoms with Crippen molar-refractivity contribution in [1.29, 1.82) is 0 Å². The zero-order valence-electron chi connectivity index (χ0n) is 9.71. The Kier molecular flexibility index (Phi) is 2.15. The molecule has 0 fully saturated rings. The van der Waals surface area contributed by atoms with E-state index in [1.165, 1.54) is 9.36 Å². The van der Waals surface area contributed by atoms with Gasteiger partial charge in [-0.25, -0.2) is 0 Å². The van der Waals surface area contributed by atoms with Crippen molar-refractivity contribution >= 4 is 0 Å². The minimum atomic E-state index is -0.183. The molecule has 2 N–H and O–H groups in total. The van der Waals surface area contributed by atoms with Crippen molar-refractivity contribution in [3.05, 3.63) is 32.1 Å². The van der Waals surface area contributed by atoms with Gasteiger partial charge in [-0.05, 0) is 13.8 Å². The standard InChI is InChI=1S/C10H14N4O2/c1-5-7(9(15)13(3)11-5)8-6(2)12-14(4)10(8)16/h11-12H,1-4H3. The maximum absolute atomic E-state index is 11.9. The molecule has 0 atom stereocenters. The maximum atomic E-state index is 11.9. The number of aromatic nitrogens is 4. The highest BCUT2D eigenvalue weighted by atomic mass is 16.1. The Morgan fingerprint density at radius 2 is 1.12 bits per heavy atom. The molecular weight excluding hydrogens is 208 g/mol. The quantitative estimate of drug-likeness (QED) is 0.714. The van der Waals surface area contributed by atoms with Gasteiger partial charge in [-0.2, -0.15) is 0 Å². The number of nitrogens with zero attached hydrogens (tertiary/aromatic N) is 2. The van der Waals surface area contributed by atoms with E-state index in [-0.39, 0.29) is 11.1 Å². The lowest BCUT2D eigenvalue weighted by Gasteiger charge is -1.92. The van der Waals surface area contributed by atoms with Crippen molar-refractivity contribution in [1.82, 2.24) is 19.6 Å². The van der Waals surface area contributed by atoms with Gasteiger partial charge < -0.3 is 0 Å². The lowest BCUT2D eigenvalue weighted by atomic mass is 10.1. The number of H-pyrrole nitrogens is 2. The number of nitrogens with one attached hydrogen (secondary N) is 2. The summed E-state index contributed by atoms with van der Waals surface area (Å²) in [4.78, 5) is 23.7. The third-order valence-electron chi connectivity index (χ3n) is 2.71. The zero-order chi connectivity index (χ0) is 12.0. The lowest BCUT2D eigenvalue weighted by molar-refractivity contribution is 0.730. The van der Waals surface area contributed by atoms with Crippen LogP contribution in [0, 0.1) is 13.8 Å². The van der Waals surface area contributed by atoms with Gasteiger partial charge in [0.1, 0.15) is 0 Å². The van der Waals surface area contributed by atoms with Gasteiger partial charge in [0.15, 0.2) is 0 Å². The summed E-state index contributed by atoms with van der Waals surface area (Å²) in [7, 11) is 3.26. The van der Waals surface area contributed by atoms with E-state index in [9.17, 15) is 9.59 Å². The van der Waals surface area contributed by atoms with Crippen molar-refractivity contribution in [2.24, 2.45) is 14.1 Å². The first kappa shape index (κ1) is 10.5. The fourth-order valence-corrected chi connectivity index (χ4v) is 1.96. The molecule has 0 bridgehead atoms. The van der Waals surface area contributed by atoms with Crippen LogP contribution >= 0.6 is 0 Å². The summed E-state index contributed by atoms with van der Waals surface area (Å²) >= 11 is 0. The fraction of sp³-hybridized carbons (Fsp3) is 0.400. The molecule has 2 rings (SSSR count). The van der Waals surface area contributed by atoms with E-state index < -0.39 is 0 Å². The molecule has 0 radical (unpaired) electrons. The monoisotopic (exact) mass is 222 g/mol. The van der Waals surface area contributed by atoms with Crippen molar-refractivity contribution in [3.8, 4) is 11.1 Å². The normalized spacial score (nSPS) is 11.0. The predicted octanol–water partition coefficient (Wildman–Crippen LogP) is 0.0240. The van der Waals surface area contributed by atoms with Gasteiger partial charge in [-0.3, -0.25) is 29.2 Å². The van der Waals surface area contributed by atoms with Gasteiger partial charge in [0.25, 0.3) is 11.1 Å². The number of hydrogen-bond acceptors (Lipinski definition) is 2. The Morgan fingerprint density at radius 3 is 1.31 bits per heavy atom. The molecule has 0 saturated carbocycles. The van der Waals surface area contributed by atoms with Crippen molar-refractivity contribution in [2.45, 2.75) is 13.8 Å². The second-order valence-electron chi connectivity index (χ2n) is 3.95. The molecule has 2 heterocycles. The van der Waals surface area contributed by atoms with E-state index in [4.69, 9.17) is 0 Å². The summed E-state index contributed by atoms with van der Waals surface area (Å²) in [5.74, 6) is 0. The summed E-state index contributed by atoms with van der Waals surface area (Å²) in [6, 6.07) is 0. The van der Waals surface area contributed by atoms with Crippen LogP contribution in [-0.4, -0.2) is 19.6 Å². The Hall–Kier alpha value is -1.98. The van der Waals surface area contributed by atoms with Crippen molar-refractivity contribution in [2.75, 3.05) is 0 Å². The van der Waals surface area contributed by atoms with Crippen LogP contribution in [0.1, 0.15) is 11.4 Å². The Labute approximate surface area is 91.5 Å².